The predicted molar refractivity (Wildman–Crippen MR) is 54.7 cm³/mol. The van der Waals surface area contributed by atoms with Crippen molar-refractivity contribution in [1.29, 1.82) is 0 Å². The van der Waals surface area contributed by atoms with Crippen LogP contribution in [-0.4, -0.2) is 51.8 Å². The largest absolute Gasteiger partial charge is 0.379 e. The Morgan fingerprint density at radius 3 is 3.19 bits per heavy atom. The molecule has 7 nitrogen and oxygen atoms in total. The number of tetrazole rings is 1. The summed E-state index contributed by atoms with van der Waals surface area (Å²) in [5.74, 6) is 0.584. The highest BCUT2D eigenvalue weighted by molar-refractivity contribution is 5.80. The second-order valence-corrected chi connectivity index (χ2v) is 3.84. The molecule has 0 amide bonds. The average Bonchev–Trinajstić information content (AvgIpc) is 2.65. The molecular formula is C9H15N5O2. The molecule has 1 aromatic heterocycles. The van der Waals surface area contributed by atoms with Gasteiger partial charge in [-0.05, 0) is 5.21 Å². The number of hydrogen-bond donors (Lipinski definition) is 1. The summed E-state index contributed by atoms with van der Waals surface area (Å²) >= 11 is 0. The van der Waals surface area contributed by atoms with Crippen LogP contribution in [-0.2, 0) is 23.0 Å². The minimum absolute atomic E-state index is 0.107. The molecule has 1 N–H and O–H groups in total. The fourth-order valence-corrected chi connectivity index (χ4v) is 1.67. The van der Waals surface area contributed by atoms with E-state index in [1.807, 2.05) is 0 Å². The van der Waals surface area contributed by atoms with Crippen molar-refractivity contribution in [2.45, 2.75) is 18.9 Å². The summed E-state index contributed by atoms with van der Waals surface area (Å²) in [6.45, 7) is 2.12. The van der Waals surface area contributed by atoms with E-state index >= 15 is 0 Å². The van der Waals surface area contributed by atoms with Gasteiger partial charge in [0, 0.05) is 19.0 Å². The Morgan fingerprint density at radius 2 is 2.56 bits per heavy atom. The first-order valence-corrected chi connectivity index (χ1v) is 5.30. The van der Waals surface area contributed by atoms with Crippen molar-refractivity contribution in [3.63, 3.8) is 0 Å². The third kappa shape index (κ3) is 3.07. The van der Waals surface area contributed by atoms with Crippen LogP contribution in [0.5, 0.6) is 0 Å². The number of carbonyl (C=O) groups excluding carboxylic acids is 1. The number of ether oxygens (including phenoxy) is 1. The zero-order valence-corrected chi connectivity index (χ0v) is 9.22. The summed E-state index contributed by atoms with van der Waals surface area (Å²) in [5.41, 5.74) is 0. The highest BCUT2D eigenvalue weighted by Crippen LogP contribution is 2.02. The maximum absolute atomic E-state index is 11.7. The summed E-state index contributed by atoms with van der Waals surface area (Å²) in [7, 11) is 1.68. The molecule has 0 spiro atoms. The van der Waals surface area contributed by atoms with Crippen molar-refractivity contribution in [3.05, 3.63) is 5.82 Å². The lowest BCUT2D eigenvalue weighted by molar-refractivity contribution is -0.119. The molecule has 1 saturated heterocycles. The maximum Gasteiger partial charge on any atom is 0.182 e. The van der Waals surface area contributed by atoms with Crippen molar-refractivity contribution in [2.24, 2.45) is 7.05 Å². The minimum Gasteiger partial charge on any atom is -0.379 e. The fourth-order valence-electron chi connectivity index (χ4n) is 1.67. The number of nitrogens with zero attached hydrogens (tertiary/aromatic N) is 4. The summed E-state index contributed by atoms with van der Waals surface area (Å²) in [5, 5.41) is 14.7. The third-order valence-corrected chi connectivity index (χ3v) is 2.38. The number of carbonyl (C=O) groups is 1. The second kappa shape index (κ2) is 5.13. The van der Waals surface area contributed by atoms with Crippen LogP contribution in [0.4, 0.5) is 0 Å². The molecule has 1 fully saturated rings. The van der Waals surface area contributed by atoms with Gasteiger partial charge in [0.25, 0.3) is 0 Å². The molecule has 2 heterocycles. The van der Waals surface area contributed by atoms with E-state index in [1.165, 1.54) is 4.80 Å². The predicted octanol–water partition coefficient (Wildman–Crippen LogP) is -1.30. The standard InChI is InChI=1S/C9H15N5O2/c1-14-12-9(11-13-14)5-8(15)4-7-6-16-3-2-10-7/h7,10H,2-6H2,1H3. The fraction of sp³-hybridized carbons (Fsp3) is 0.778. The molecule has 88 valence electrons. The minimum atomic E-state index is 0.107. The van der Waals surface area contributed by atoms with Gasteiger partial charge in [0.15, 0.2) is 5.82 Å². The molecule has 0 saturated carbocycles. The van der Waals surface area contributed by atoms with E-state index in [1.54, 1.807) is 7.05 Å². The molecule has 1 aromatic rings. The molecule has 1 aliphatic rings. The molecule has 0 radical (unpaired) electrons. The van der Waals surface area contributed by atoms with Gasteiger partial charge < -0.3 is 10.1 Å². The lowest BCUT2D eigenvalue weighted by Gasteiger charge is -2.22. The smallest absolute Gasteiger partial charge is 0.182 e. The normalized spacial score (nSPS) is 20.9. The highest BCUT2D eigenvalue weighted by Gasteiger charge is 2.18. The van der Waals surface area contributed by atoms with E-state index in [2.05, 4.69) is 20.7 Å². The van der Waals surface area contributed by atoms with Crippen LogP contribution in [0.3, 0.4) is 0 Å². The van der Waals surface area contributed by atoms with Gasteiger partial charge in [-0.2, -0.15) is 4.80 Å². The SMILES string of the molecule is Cn1nnc(CC(=O)CC2COCCN2)n1. The average molecular weight is 225 g/mol. The van der Waals surface area contributed by atoms with E-state index in [4.69, 9.17) is 4.74 Å². The lowest BCUT2D eigenvalue weighted by Crippen LogP contribution is -2.42. The number of aryl methyl sites for hydroxylation is 1. The van der Waals surface area contributed by atoms with E-state index < -0.39 is 0 Å². The number of Topliss-reactive ketones (excluding diaryl/α,β-unsaturated/α-hetero) is 1. The number of hydrogen-bond acceptors (Lipinski definition) is 6. The first kappa shape index (κ1) is 11.2. The van der Waals surface area contributed by atoms with Crippen molar-refractivity contribution in [1.82, 2.24) is 25.5 Å². The highest BCUT2D eigenvalue weighted by atomic mass is 16.5. The Labute approximate surface area is 93.2 Å². The zero-order valence-electron chi connectivity index (χ0n) is 9.22. The Hall–Kier alpha value is -1.34. The van der Waals surface area contributed by atoms with Gasteiger partial charge in [0.2, 0.25) is 0 Å². The number of nitrogens with one attached hydrogen (secondary N) is 1. The summed E-state index contributed by atoms with van der Waals surface area (Å²) < 4.78 is 5.27. The van der Waals surface area contributed by atoms with Gasteiger partial charge in [-0.3, -0.25) is 4.79 Å². The number of rotatable bonds is 4. The molecular weight excluding hydrogens is 210 g/mol. The van der Waals surface area contributed by atoms with Gasteiger partial charge in [0.1, 0.15) is 5.78 Å². The molecule has 0 aliphatic carbocycles. The molecule has 0 aromatic carbocycles. The van der Waals surface area contributed by atoms with Crippen LogP contribution in [0.1, 0.15) is 12.2 Å². The second-order valence-electron chi connectivity index (χ2n) is 3.84. The van der Waals surface area contributed by atoms with Crippen molar-refractivity contribution >= 4 is 5.78 Å². The molecule has 16 heavy (non-hydrogen) atoms. The lowest BCUT2D eigenvalue weighted by atomic mass is 10.1. The van der Waals surface area contributed by atoms with Crippen LogP contribution in [0, 0.1) is 0 Å². The Morgan fingerprint density at radius 1 is 1.69 bits per heavy atom. The topological polar surface area (TPSA) is 81.9 Å². The summed E-state index contributed by atoms with van der Waals surface area (Å²) in [6, 6.07) is 0.123. The van der Waals surface area contributed by atoms with Crippen molar-refractivity contribution < 1.29 is 9.53 Å². The van der Waals surface area contributed by atoms with Crippen molar-refractivity contribution in [3.8, 4) is 0 Å². The number of aromatic nitrogens is 4. The van der Waals surface area contributed by atoms with E-state index in [9.17, 15) is 4.79 Å². The number of morpholine rings is 1. The molecule has 1 atom stereocenters. The van der Waals surface area contributed by atoms with Gasteiger partial charge in [0.05, 0.1) is 26.7 Å². The Bertz CT molecular complexity index is 359. The summed E-state index contributed by atoms with van der Waals surface area (Å²) in [4.78, 5) is 13.0. The molecule has 1 aliphatic heterocycles. The quantitative estimate of drug-likeness (QED) is 0.686. The van der Waals surface area contributed by atoms with Crippen molar-refractivity contribution in [2.75, 3.05) is 19.8 Å². The van der Waals surface area contributed by atoms with Gasteiger partial charge in [-0.25, -0.2) is 0 Å². The van der Waals surface area contributed by atoms with Crippen LogP contribution in [0.2, 0.25) is 0 Å². The van der Waals surface area contributed by atoms with Gasteiger partial charge in [-0.15, -0.1) is 10.2 Å². The van der Waals surface area contributed by atoms with Crippen LogP contribution >= 0.6 is 0 Å². The van der Waals surface area contributed by atoms with E-state index in [-0.39, 0.29) is 18.2 Å². The van der Waals surface area contributed by atoms with E-state index in [0.29, 0.717) is 18.9 Å². The van der Waals surface area contributed by atoms with Gasteiger partial charge in [-0.1, -0.05) is 0 Å². The third-order valence-electron chi connectivity index (χ3n) is 2.38. The van der Waals surface area contributed by atoms with Crippen LogP contribution in [0.15, 0.2) is 0 Å². The summed E-state index contributed by atoms with van der Waals surface area (Å²) in [6.07, 6.45) is 0.699. The first-order valence-electron chi connectivity index (χ1n) is 5.30. The maximum atomic E-state index is 11.7. The van der Waals surface area contributed by atoms with Gasteiger partial charge >= 0.3 is 0 Å². The van der Waals surface area contributed by atoms with E-state index in [0.717, 1.165) is 13.2 Å². The van der Waals surface area contributed by atoms with Crippen LogP contribution < -0.4 is 5.32 Å². The molecule has 1 unspecified atom stereocenters. The molecule has 7 heteroatoms. The molecule has 0 bridgehead atoms. The Balaban J connectivity index is 1.79. The molecule has 2 rings (SSSR count). The zero-order chi connectivity index (χ0) is 11.4. The monoisotopic (exact) mass is 225 g/mol. The van der Waals surface area contributed by atoms with Crippen LogP contribution in [0.25, 0.3) is 0 Å². The Kier molecular flexibility index (Phi) is 3.58. The first-order chi connectivity index (χ1) is 7.74. The number of ketones is 1.